The van der Waals surface area contributed by atoms with Crippen LogP contribution in [0.25, 0.3) is 10.9 Å². The van der Waals surface area contributed by atoms with E-state index < -0.39 is 6.04 Å². The molecule has 0 radical (unpaired) electrons. The fourth-order valence-electron chi connectivity index (χ4n) is 1.97. The summed E-state index contributed by atoms with van der Waals surface area (Å²) >= 11 is 0. The number of benzene rings is 1. The van der Waals surface area contributed by atoms with Gasteiger partial charge in [0.25, 0.3) is 0 Å². The highest BCUT2D eigenvalue weighted by Crippen LogP contribution is 2.21. The average molecular weight is 276 g/mol. The lowest BCUT2D eigenvalue weighted by atomic mass is 10.0. The van der Waals surface area contributed by atoms with E-state index >= 15 is 0 Å². The smallest absolute Gasteiger partial charge is 0.146 e. The topological polar surface area (TPSA) is 48.0 Å². The fraction of sp³-hybridized carbons (Fsp3) is 0.471. The highest BCUT2D eigenvalue weighted by atomic mass is 16.1. The summed E-state index contributed by atoms with van der Waals surface area (Å²) < 4.78 is 2.07. The van der Waals surface area contributed by atoms with Gasteiger partial charge in [-0.25, -0.2) is 0 Å². The molecule has 1 aromatic carbocycles. The number of ketones is 1. The van der Waals surface area contributed by atoms with Gasteiger partial charge in [0.15, 0.2) is 0 Å². The Morgan fingerprint density at radius 2 is 1.75 bits per heavy atom. The van der Waals surface area contributed by atoms with E-state index in [1.165, 1.54) is 17.8 Å². The first-order valence-corrected chi connectivity index (χ1v) is 7.38. The molecule has 0 amide bonds. The van der Waals surface area contributed by atoms with Crippen molar-refractivity contribution in [2.75, 3.05) is 0 Å². The quantitative estimate of drug-likeness (QED) is 0.929. The molecule has 0 saturated heterocycles. The van der Waals surface area contributed by atoms with Gasteiger partial charge in [-0.15, -0.1) is 0 Å². The van der Waals surface area contributed by atoms with Gasteiger partial charge in [0.05, 0.1) is 6.04 Å². The summed E-state index contributed by atoms with van der Waals surface area (Å²) in [5, 5.41) is 1.18. The highest BCUT2D eigenvalue weighted by Gasteiger charge is 2.13. The lowest BCUT2D eigenvalue weighted by Gasteiger charge is -2.05. The molecule has 0 aliphatic carbocycles. The van der Waals surface area contributed by atoms with E-state index in [0.717, 1.165) is 5.56 Å². The van der Waals surface area contributed by atoms with Gasteiger partial charge in [-0.2, -0.15) is 0 Å². The number of nitrogens with two attached hydrogens (primary N) is 1. The fourth-order valence-corrected chi connectivity index (χ4v) is 1.97. The third-order valence-electron chi connectivity index (χ3n) is 2.94. The second kappa shape index (κ2) is 9.32. The number of hydrogen-bond acceptors (Lipinski definition) is 2. The van der Waals surface area contributed by atoms with Gasteiger partial charge in [0.1, 0.15) is 5.78 Å². The molecule has 20 heavy (non-hydrogen) atoms. The first-order chi connectivity index (χ1) is 9.59. The standard InChI is InChI=1S/C13H16N2O.2C2H6/c1-9(16)12(14)7-10-8-15(2)13-6-4-3-5-11(10)13;2*1-2/h3-6,8,12H,7,14H2,1-2H3;2*1-2H3. The van der Waals surface area contributed by atoms with Crippen LogP contribution in [0.15, 0.2) is 30.5 Å². The van der Waals surface area contributed by atoms with Crippen LogP contribution in [0.5, 0.6) is 0 Å². The molecule has 2 rings (SSSR count). The molecular formula is C17H28N2O. The SMILES string of the molecule is CC.CC.CC(=O)C(N)Cc1cn(C)c2ccccc12. The predicted octanol–water partition coefficient (Wildman–Crippen LogP) is 3.69. The second-order valence-corrected chi connectivity index (χ2v) is 4.20. The molecule has 1 unspecified atom stereocenters. The predicted molar refractivity (Wildman–Crippen MR) is 88.0 cm³/mol. The molecular weight excluding hydrogens is 248 g/mol. The zero-order valence-corrected chi connectivity index (χ0v) is 13.6. The van der Waals surface area contributed by atoms with E-state index in [1.54, 1.807) is 0 Å². The molecule has 0 spiro atoms. The van der Waals surface area contributed by atoms with Crippen molar-refractivity contribution >= 4 is 16.7 Å². The van der Waals surface area contributed by atoms with Crippen LogP contribution in [-0.4, -0.2) is 16.4 Å². The van der Waals surface area contributed by atoms with Gasteiger partial charge >= 0.3 is 0 Å². The molecule has 0 bridgehead atoms. The third kappa shape index (κ3) is 4.49. The van der Waals surface area contributed by atoms with Gasteiger partial charge in [-0.3, -0.25) is 4.79 Å². The molecule has 112 valence electrons. The maximum Gasteiger partial charge on any atom is 0.146 e. The Labute approximate surface area is 122 Å². The van der Waals surface area contributed by atoms with Crippen molar-refractivity contribution < 1.29 is 4.79 Å². The number of carbonyl (C=O) groups excluding carboxylic acids is 1. The summed E-state index contributed by atoms with van der Waals surface area (Å²) in [6, 6.07) is 7.75. The van der Waals surface area contributed by atoms with Crippen molar-refractivity contribution in [2.45, 2.75) is 47.1 Å². The lowest BCUT2D eigenvalue weighted by molar-refractivity contribution is -0.118. The number of rotatable bonds is 3. The molecule has 0 saturated carbocycles. The Balaban J connectivity index is 0.000000829. The number of nitrogens with zero attached hydrogens (tertiary/aromatic N) is 1. The van der Waals surface area contributed by atoms with Crippen LogP contribution < -0.4 is 5.73 Å². The molecule has 1 atom stereocenters. The molecule has 0 aliphatic rings. The summed E-state index contributed by atoms with van der Waals surface area (Å²) in [6.07, 6.45) is 2.66. The van der Waals surface area contributed by atoms with Crippen LogP contribution in [0.4, 0.5) is 0 Å². The highest BCUT2D eigenvalue weighted by molar-refractivity contribution is 5.86. The Morgan fingerprint density at radius 1 is 1.20 bits per heavy atom. The van der Waals surface area contributed by atoms with Crippen molar-refractivity contribution in [3.8, 4) is 0 Å². The van der Waals surface area contributed by atoms with Crippen molar-refractivity contribution in [1.29, 1.82) is 0 Å². The molecule has 3 nitrogen and oxygen atoms in total. The van der Waals surface area contributed by atoms with Crippen LogP contribution >= 0.6 is 0 Å². The first kappa shape index (κ1) is 18.4. The molecule has 3 heteroatoms. The number of carbonyl (C=O) groups is 1. The van der Waals surface area contributed by atoms with Gasteiger partial charge in [0.2, 0.25) is 0 Å². The zero-order chi connectivity index (χ0) is 15.7. The van der Waals surface area contributed by atoms with Gasteiger partial charge in [-0.1, -0.05) is 45.9 Å². The number of fused-ring (bicyclic) bond motifs is 1. The minimum Gasteiger partial charge on any atom is -0.350 e. The van der Waals surface area contributed by atoms with Crippen molar-refractivity contribution in [3.63, 3.8) is 0 Å². The summed E-state index contributed by atoms with van der Waals surface area (Å²) in [5.74, 6) is 0.0351. The first-order valence-electron chi connectivity index (χ1n) is 7.38. The number of para-hydroxylation sites is 1. The van der Waals surface area contributed by atoms with Gasteiger partial charge in [-0.05, 0) is 25.0 Å². The molecule has 1 heterocycles. The van der Waals surface area contributed by atoms with Crippen LogP contribution in [0.3, 0.4) is 0 Å². The molecule has 2 N–H and O–H groups in total. The summed E-state index contributed by atoms with van der Waals surface area (Å²) in [4.78, 5) is 11.2. The van der Waals surface area contributed by atoms with Gasteiger partial charge in [0, 0.05) is 24.1 Å². The van der Waals surface area contributed by atoms with E-state index in [0.29, 0.717) is 6.42 Å². The Kier molecular flexibility index (Phi) is 8.57. The summed E-state index contributed by atoms with van der Waals surface area (Å²) in [5.41, 5.74) is 8.10. The zero-order valence-electron chi connectivity index (χ0n) is 13.6. The maximum absolute atomic E-state index is 11.2. The van der Waals surface area contributed by atoms with E-state index in [9.17, 15) is 4.79 Å². The normalized spacial score (nSPS) is 10.9. The molecule has 2 aromatic rings. The summed E-state index contributed by atoms with van der Waals surface area (Å²) in [7, 11) is 2.01. The largest absolute Gasteiger partial charge is 0.350 e. The van der Waals surface area contributed by atoms with Crippen molar-refractivity contribution in [3.05, 3.63) is 36.0 Å². The van der Waals surface area contributed by atoms with E-state index in [4.69, 9.17) is 5.73 Å². The summed E-state index contributed by atoms with van der Waals surface area (Å²) in [6.45, 7) is 9.54. The number of Topliss-reactive ketones (excluding diaryl/α,β-unsaturated/α-hetero) is 1. The van der Waals surface area contributed by atoms with E-state index in [2.05, 4.69) is 16.7 Å². The number of hydrogen-bond donors (Lipinski definition) is 1. The lowest BCUT2D eigenvalue weighted by Crippen LogP contribution is -2.30. The van der Waals surface area contributed by atoms with Crippen LogP contribution in [0, 0.1) is 0 Å². The monoisotopic (exact) mass is 276 g/mol. The molecule has 0 fully saturated rings. The van der Waals surface area contributed by atoms with E-state index in [-0.39, 0.29) is 5.78 Å². The van der Waals surface area contributed by atoms with Crippen LogP contribution in [0.1, 0.15) is 40.2 Å². The third-order valence-corrected chi connectivity index (χ3v) is 2.94. The Bertz CT molecular complexity index is 529. The van der Waals surface area contributed by atoms with Crippen molar-refractivity contribution in [1.82, 2.24) is 4.57 Å². The minimum absolute atomic E-state index is 0.0351. The second-order valence-electron chi connectivity index (χ2n) is 4.20. The Morgan fingerprint density at radius 3 is 2.30 bits per heavy atom. The maximum atomic E-state index is 11.2. The van der Waals surface area contributed by atoms with Crippen molar-refractivity contribution in [2.24, 2.45) is 12.8 Å². The molecule has 1 aromatic heterocycles. The van der Waals surface area contributed by atoms with Crippen LogP contribution in [-0.2, 0) is 18.3 Å². The number of aryl methyl sites for hydroxylation is 1. The van der Waals surface area contributed by atoms with E-state index in [1.807, 2.05) is 53.1 Å². The Hall–Kier alpha value is -1.61. The number of aromatic nitrogens is 1. The minimum atomic E-state index is -0.397. The van der Waals surface area contributed by atoms with Gasteiger partial charge < -0.3 is 10.3 Å². The molecule has 0 aliphatic heterocycles. The average Bonchev–Trinajstić information content (AvgIpc) is 2.80. The van der Waals surface area contributed by atoms with Crippen LogP contribution in [0.2, 0.25) is 0 Å².